The van der Waals surface area contributed by atoms with Crippen molar-refractivity contribution in [2.75, 3.05) is 13.2 Å². The van der Waals surface area contributed by atoms with Crippen molar-refractivity contribution in [1.29, 1.82) is 0 Å². The number of aliphatic hydroxyl groups is 2. The zero-order valence-electron chi connectivity index (χ0n) is 54.5. The maximum atomic E-state index is 12.5. The Morgan fingerprint density at radius 2 is 0.617 bits per heavy atom. The van der Waals surface area contributed by atoms with Gasteiger partial charge < -0.3 is 20.3 Å². The van der Waals surface area contributed by atoms with E-state index in [4.69, 9.17) is 4.74 Å². The van der Waals surface area contributed by atoms with E-state index in [1.165, 1.54) is 315 Å². The Labute approximate surface area is 506 Å². The number of carbonyl (C=O) groups excluding carboxylic acids is 2. The third-order valence-electron chi connectivity index (χ3n) is 16.8. The molecule has 81 heavy (non-hydrogen) atoms. The van der Waals surface area contributed by atoms with Gasteiger partial charge in [0.15, 0.2) is 0 Å². The minimum absolute atomic E-state index is 0.00171. The lowest BCUT2D eigenvalue weighted by atomic mass is 10.0. The van der Waals surface area contributed by atoms with Gasteiger partial charge in [0.25, 0.3) is 0 Å². The first-order valence-corrected chi connectivity index (χ1v) is 36.4. The number of esters is 1. The summed E-state index contributed by atoms with van der Waals surface area (Å²) in [4.78, 5) is 24.6. The number of hydrogen-bond acceptors (Lipinski definition) is 5. The monoisotopic (exact) mass is 1140 g/mol. The fourth-order valence-electron chi connectivity index (χ4n) is 11.3. The molecule has 0 aromatic rings. The number of carbonyl (C=O) groups is 2. The number of rotatable bonds is 68. The van der Waals surface area contributed by atoms with Crippen LogP contribution in [0.4, 0.5) is 0 Å². The molecule has 0 aromatic heterocycles. The molecule has 6 nitrogen and oxygen atoms in total. The van der Waals surface area contributed by atoms with Gasteiger partial charge in [-0.25, -0.2) is 0 Å². The maximum absolute atomic E-state index is 12.5. The van der Waals surface area contributed by atoms with Gasteiger partial charge in [-0.2, -0.15) is 0 Å². The average molecular weight is 1140 g/mol. The summed E-state index contributed by atoms with van der Waals surface area (Å²) >= 11 is 0. The number of amides is 1. The van der Waals surface area contributed by atoms with Crippen LogP contribution >= 0.6 is 0 Å². The van der Waals surface area contributed by atoms with Crippen LogP contribution in [-0.2, 0) is 14.3 Å². The highest BCUT2D eigenvalue weighted by Gasteiger charge is 2.18. The van der Waals surface area contributed by atoms with Crippen LogP contribution in [0.1, 0.15) is 393 Å². The molecule has 0 bridgehead atoms. The number of allylic oxidation sites excluding steroid dienone is 7. The van der Waals surface area contributed by atoms with Gasteiger partial charge in [0.2, 0.25) is 5.91 Å². The molecule has 0 aromatic carbocycles. The highest BCUT2D eigenvalue weighted by atomic mass is 16.5. The van der Waals surface area contributed by atoms with Crippen LogP contribution in [0.25, 0.3) is 0 Å². The summed E-state index contributed by atoms with van der Waals surface area (Å²) in [7, 11) is 0. The Morgan fingerprint density at radius 1 is 0.346 bits per heavy atom. The minimum atomic E-state index is -0.847. The van der Waals surface area contributed by atoms with Crippen molar-refractivity contribution in [2.24, 2.45) is 0 Å². The van der Waals surface area contributed by atoms with Crippen molar-refractivity contribution in [2.45, 2.75) is 405 Å². The molecule has 0 aliphatic heterocycles. The summed E-state index contributed by atoms with van der Waals surface area (Å²) in [6.07, 6.45) is 92.0. The van der Waals surface area contributed by atoms with E-state index in [0.29, 0.717) is 19.4 Å². The second-order valence-corrected chi connectivity index (χ2v) is 24.9. The molecule has 6 heteroatoms. The lowest BCUT2D eigenvalue weighted by Gasteiger charge is -2.20. The van der Waals surface area contributed by atoms with E-state index < -0.39 is 12.1 Å². The van der Waals surface area contributed by atoms with Gasteiger partial charge >= 0.3 is 5.97 Å². The zero-order chi connectivity index (χ0) is 58.5. The predicted molar refractivity (Wildman–Crippen MR) is 356 cm³/mol. The number of hydrogen-bond donors (Lipinski definition) is 3. The highest BCUT2D eigenvalue weighted by Crippen LogP contribution is 2.18. The molecule has 0 fully saturated rings. The molecule has 0 aliphatic carbocycles. The van der Waals surface area contributed by atoms with Crippen LogP contribution in [-0.4, -0.2) is 47.4 Å². The van der Waals surface area contributed by atoms with Crippen LogP contribution in [0.3, 0.4) is 0 Å². The second kappa shape index (κ2) is 70.3. The molecule has 0 spiro atoms. The Kier molecular flexibility index (Phi) is 68.4. The van der Waals surface area contributed by atoms with Crippen LogP contribution in [0.2, 0.25) is 0 Å². The molecule has 2 atom stereocenters. The predicted octanol–water partition coefficient (Wildman–Crippen LogP) is 23.6. The quantitative estimate of drug-likeness (QED) is 0.0320. The van der Waals surface area contributed by atoms with E-state index in [9.17, 15) is 19.8 Å². The van der Waals surface area contributed by atoms with Gasteiger partial charge in [0.05, 0.1) is 25.4 Å². The van der Waals surface area contributed by atoms with E-state index in [1.807, 2.05) is 6.08 Å². The van der Waals surface area contributed by atoms with Crippen molar-refractivity contribution in [1.82, 2.24) is 5.32 Å². The summed E-state index contributed by atoms with van der Waals surface area (Å²) in [5.41, 5.74) is 0. The summed E-state index contributed by atoms with van der Waals surface area (Å²) < 4.78 is 5.47. The molecule has 0 rings (SSSR count). The third-order valence-corrected chi connectivity index (χ3v) is 16.8. The molecule has 2 unspecified atom stereocenters. The van der Waals surface area contributed by atoms with Gasteiger partial charge in [0.1, 0.15) is 0 Å². The Bertz CT molecular complexity index is 1360. The molecule has 1 amide bonds. The summed E-state index contributed by atoms with van der Waals surface area (Å²) in [6, 6.07) is -0.631. The number of unbranched alkanes of at least 4 members (excludes halogenated alkanes) is 51. The SMILES string of the molecule is CCCCC/C=C\CCCCCCCC(=O)OCCCCCCCCCCC/C=C\C/C=C\CCCCCCCCCCCCCCCC(=O)NC(CO)C(O)/C=C/CCCCCCCCCCCCCCCCCCCCCCC. The smallest absolute Gasteiger partial charge is 0.305 e. The van der Waals surface area contributed by atoms with E-state index >= 15 is 0 Å². The van der Waals surface area contributed by atoms with Crippen molar-refractivity contribution in [3.63, 3.8) is 0 Å². The molecule has 0 saturated carbocycles. The van der Waals surface area contributed by atoms with E-state index in [0.717, 1.165) is 51.4 Å². The van der Waals surface area contributed by atoms with Gasteiger partial charge in [-0.15, -0.1) is 0 Å². The van der Waals surface area contributed by atoms with Gasteiger partial charge in [0, 0.05) is 12.8 Å². The molecular weight excluding hydrogens is 995 g/mol. The molecule has 0 radical (unpaired) electrons. The lowest BCUT2D eigenvalue weighted by molar-refractivity contribution is -0.143. The van der Waals surface area contributed by atoms with Crippen LogP contribution in [0.15, 0.2) is 48.6 Å². The molecule has 0 heterocycles. The van der Waals surface area contributed by atoms with E-state index in [2.05, 4.69) is 55.6 Å². The van der Waals surface area contributed by atoms with Crippen molar-refractivity contribution in [3.8, 4) is 0 Å². The topological polar surface area (TPSA) is 95.9 Å². The summed E-state index contributed by atoms with van der Waals surface area (Å²) in [6.45, 7) is 4.91. The highest BCUT2D eigenvalue weighted by molar-refractivity contribution is 5.76. The van der Waals surface area contributed by atoms with Crippen molar-refractivity contribution in [3.05, 3.63) is 48.6 Å². The van der Waals surface area contributed by atoms with Crippen LogP contribution < -0.4 is 5.32 Å². The average Bonchev–Trinajstić information content (AvgIpc) is 3.47. The zero-order valence-corrected chi connectivity index (χ0v) is 54.5. The summed E-state index contributed by atoms with van der Waals surface area (Å²) in [5.74, 6) is -0.0636. The molecule has 0 saturated heterocycles. The fraction of sp³-hybridized carbons (Fsp3) is 0.867. The summed E-state index contributed by atoms with van der Waals surface area (Å²) in [5, 5.41) is 23.3. The standard InChI is InChI=1S/C75H141NO5/c1-3-5-7-9-11-13-15-17-18-19-20-21-29-32-35-38-41-44-47-51-55-59-63-67-73(78)72(71-77)76-74(79)68-64-60-56-52-48-45-42-39-36-33-30-27-25-23-22-24-26-28-31-34-37-40-43-46-50-54-58-62-66-70-81-75(80)69-65-61-57-53-49-16-14-12-10-8-6-4-2/h12,14,22,24,28,31,63,67,72-73,77-78H,3-11,13,15-21,23,25-27,29-30,32-62,64-66,68-71H2,1-2H3,(H,76,79)/b14-12-,24-22-,31-28-,67-63+. The van der Waals surface area contributed by atoms with Crippen molar-refractivity contribution < 1.29 is 24.5 Å². The third kappa shape index (κ3) is 66.8. The molecular formula is C75H141NO5. The number of nitrogens with one attached hydrogen (secondary N) is 1. The van der Waals surface area contributed by atoms with E-state index in [-0.39, 0.29) is 18.5 Å². The van der Waals surface area contributed by atoms with Gasteiger partial charge in [-0.05, 0) is 89.9 Å². The second-order valence-electron chi connectivity index (χ2n) is 24.9. The first kappa shape index (κ1) is 78.8. The first-order valence-electron chi connectivity index (χ1n) is 36.4. The number of ether oxygens (including phenoxy) is 1. The molecule has 3 N–H and O–H groups in total. The fourth-order valence-corrected chi connectivity index (χ4v) is 11.3. The Hall–Kier alpha value is -2.18. The van der Waals surface area contributed by atoms with Crippen LogP contribution in [0.5, 0.6) is 0 Å². The van der Waals surface area contributed by atoms with Crippen molar-refractivity contribution >= 4 is 11.9 Å². The largest absolute Gasteiger partial charge is 0.466 e. The first-order chi connectivity index (χ1) is 40.0. The van der Waals surface area contributed by atoms with Crippen LogP contribution in [0, 0.1) is 0 Å². The van der Waals surface area contributed by atoms with Gasteiger partial charge in [-0.3, -0.25) is 9.59 Å². The maximum Gasteiger partial charge on any atom is 0.305 e. The van der Waals surface area contributed by atoms with E-state index in [1.54, 1.807) is 6.08 Å². The Balaban J connectivity index is 3.44. The Morgan fingerprint density at radius 3 is 0.975 bits per heavy atom. The lowest BCUT2D eigenvalue weighted by Crippen LogP contribution is -2.45. The minimum Gasteiger partial charge on any atom is -0.466 e. The number of aliphatic hydroxyl groups excluding tert-OH is 2. The van der Waals surface area contributed by atoms with Gasteiger partial charge in [-0.1, -0.05) is 339 Å². The molecule has 476 valence electrons. The molecule has 0 aliphatic rings. The normalized spacial score (nSPS) is 12.8.